The summed E-state index contributed by atoms with van der Waals surface area (Å²) in [6, 6.07) is 7.93. The number of benzene rings is 1. The van der Waals surface area contributed by atoms with E-state index in [0.717, 1.165) is 29.3 Å². The molecule has 0 atom stereocenters. The Morgan fingerprint density at radius 3 is 2.76 bits per heavy atom. The summed E-state index contributed by atoms with van der Waals surface area (Å²) in [4.78, 5) is 8.68. The number of nitrogens with one attached hydrogen (secondary N) is 1. The minimum Gasteiger partial charge on any atom is -0.450 e. The molecular weight excluding hydrogens is 340 g/mol. The molecule has 1 saturated heterocycles. The maximum absolute atomic E-state index is 12.0. The summed E-state index contributed by atoms with van der Waals surface area (Å²) < 4.78 is 31.4. The van der Waals surface area contributed by atoms with E-state index in [2.05, 4.69) is 15.3 Å². The number of anilines is 1. The summed E-state index contributed by atoms with van der Waals surface area (Å²) in [5.74, 6) is 0.814. The number of aromatic nitrogens is 2. The molecule has 0 aliphatic carbocycles. The summed E-state index contributed by atoms with van der Waals surface area (Å²) in [5, 5.41) is 4.37. The summed E-state index contributed by atoms with van der Waals surface area (Å²) in [6.45, 7) is 2.74. The van der Waals surface area contributed by atoms with Crippen molar-refractivity contribution in [3.8, 4) is 0 Å². The zero-order valence-corrected chi connectivity index (χ0v) is 14.8. The third-order valence-electron chi connectivity index (χ3n) is 4.71. The monoisotopic (exact) mass is 360 g/mol. The number of fused-ring (bicyclic) bond motifs is 3. The van der Waals surface area contributed by atoms with Gasteiger partial charge in [-0.15, -0.1) is 0 Å². The zero-order chi connectivity index (χ0) is 17.4. The van der Waals surface area contributed by atoms with Crippen LogP contribution >= 0.6 is 0 Å². The van der Waals surface area contributed by atoms with Crippen molar-refractivity contribution in [2.45, 2.75) is 25.8 Å². The van der Waals surface area contributed by atoms with E-state index in [1.807, 2.05) is 24.3 Å². The van der Waals surface area contributed by atoms with E-state index in [4.69, 9.17) is 4.42 Å². The second-order valence-electron chi connectivity index (χ2n) is 6.22. The first-order chi connectivity index (χ1) is 12.1. The number of hydrogen-bond donors (Lipinski definition) is 1. The van der Waals surface area contributed by atoms with Crippen molar-refractivity contribution in [2.24, 2.45) is 0 Å². The predicted molar refractivity (Wildman–Crippen MR) is 97.0 cm³/mol. The quantitative estimate of drug-likeness (QED) is 0.769. The molecule has 0 unspecified atom stereocenters. The van der Waals surface area contributed by atoms with Crippen LogP contribution in [0.4, 0.5) is 5.82 Å². The molecule has 3 aromatic rings. The van der Waals surface area contributed by atoms with Gasteiger partial charge in [0.1, 0.15) is 17.4 Å². The van der Waals surface area contributed by atoms with Gasteiger partial charge in [0.05, 0.1) is 5.75 Å². The van der Waals surface area contributed by atoms with Crippen LogP contribution in [0.1, 0.15) is 19.8 Å². The van der Waals surface area contributed by atoms with E-state index in [9.17, 15) is 8.42 Å². The van der Waals surface area contributed by atoms with Gasteiger partial charge in [-0.2, -0.15) is 0 Å². The topological polar surface area (TPSA) is 88.3 Å². The molecule has 7 nitrogen and oxygen atoms in total. The molecule has 3 heterocycles. The molecule has 1 N–H and O–H groups in total. The first kappa shape index (κ1) is 16.3. The van der Waals surface area contributed by atoms with Crippen molar-refractivity contribution in [2.75, 3.05) is 24.2 Å². The molecule has 1 aliphatic heterocycles. The molecule has 0 spiro atoms. The van der Waals surface area contributed by atoms with E-state index in [0.29, 0.717) is 24.5 Å². The Morgan fingerprint density at radius 1 is 1.24 bits per heavy atom. The molecule has 1 aliphatic rings. The van der Waals surface area contributed by atoms with E-state index in [1.165, 1.54) is 6.33 Å². The van der Waals surface area contributed by atoms with E-state index in [-0.39, 0.29) is 11.8 Å². The number of hydrogen-bond acceptors (Lipinski definition) is 6. The minimum absolute atomic E-state index is 0.149. The Kier molecular flexibility index (Phi) is 4.09. The molecule has 8 heteroatoms. The van der Waals surface area contributed by atoms with Gasteiger partial charge in [0.15, 0.2) is 11.4 Å². The zero-order valence-electron chi connectivity index (χ0n) is 14.0. The maximum Gasteiger partial charge on any atom is 0.213 e. The lowest BCUT2D eigenvalue weighted by molar-refractivity contribution is 0.330. The van der Waals surface area contributed by atoms with Crippen LogP contribution in [0.3, 0.4) is 0 Å². The number of piperidine rings is 1. The van der Waals surface area contributed by atoms with Gasteiger partial charge in [-0.05, 0) is 31.9 Å². The van der Waals surface area contributed by atoms with Crippen molar-refractivity contribution in [1.82, 2.24) is 14.3 Å². The van der Waals surface area contributed by atoms with Crippen LogP contribution in [0.5, 0.6) is 0 Å². The van der Waals surface area contributed by atoms with Gasteiger partial charge in [0.2, 0.25) is 10.0 Å². The van der Waals surface area contributed by atoms with E-state index < -0.39 is 10.0 Å². The van der Waals surface area contributed by atoms with Crippen LogP contribution in [0.25, 0.3) is 22.1 Å². The molecular formula is C17H20N4O3S. The summed E-state index contributed by atoms with van der Waals surface area (Å²) >= 11 is 0. The van der Waals surface area contributed by atoms with Crippen LogP contribution in [0.2, 0.25) is 0 Å². The van der Waals surface area contributed by atoms with E-state index in [1.54, 1.807) is 11.2 Å². The van der Waals surface area contributed by atoms with Gasteiger partial charge < -0.3 is 9.73 Å². The third-order valence-corrected chi connectivity index (χ3v) is 6.59. The largest absolute Gasteiger partial charge is 0.450 e. The van der Waals surface area contributed by atoms with Crippen molar-refractivity contribution < 1.29 is 12.8 Å². The minimum atomic E-state index is -3.11. The van der Waals surface area contributed by atoms with Crippen LogP contribution in [0.15, 0.2) is 35.0 Å². The smallest absolute Gasteiger partial charge is 0.213 e. The summed E-state index contributed by atoms with van der Waals surface area (Å²) in [6.07, 6.45) is 3.01. The highest BCUT2D eigenvalue weighted by atomic mass is 32.2. The average molecular weight is 360 g/mol. The standard InChI is InChI=1S/C17H20N4O3S/c1-2-25(22,23)21-9-7-12(8-10-21)20-17-16-15(18-11-19-17)13-5-3-4-6-14(13)24-16/h3-6,11-12H,2,7-10H2,1H3,(H,18,19,20). The lowest BCUT2D eigenvalue weighted by Gasteiger charge is -2.31. The second kappa shape index (κ2) is 6.27. The van der Waals surface area contributed by atoms with Gasteiger partial charge in [0.25, 0.3) is 0 Å². The number of para-hydroxylation sites is 1. The average Bonchev–Trinajstić information content (AvgIpc) is 3.02. The Hall–Kier alpha value is -2.19. The lowest BCUT2D eigenvalue weighted by Crippen LogP contribution is -2.43. The fourth-order valence-corrected chi connectivity index (χ4v) is 4.41. The number of rotatable bonds is 4. The molecule has 1 aromatic carbocycles. The summed E-state index contributed by atoms with van der Waals surface area (Å²) in [7, 11) is -3.11. The molecule has 0 amide bonds. The Labute approximate surface area is 146 Å². The van der Waals surface area contributed by atoms with Crippen molar-refractivity contribution in [3.05, 3.63) is 30.6 Å². The molecule has 4 rings (SSSR count). The fourth-order valence-electron chi connectivity index (χ4n) is 3.28. The van der Waals surface area contributed by atoms with Gasteiger partial charge in [-0.3, -0.25) is 0 Å². The first-order valence-corrected chi connectivity index (χ1v) is 10.1. The molecule has 1 fully saturated rings. The Bertz CT molecular complexity index is 1010. The summed E-state index contributed by atoms with van der Waals surface area (Å²) in [5.41, 5.74) is 2.22. The molecule has 0 saturated carbocycles. The Morgan fingerprint density at radius 2 is 2.00 bits per heavy atom. The second-order valence-corrected chi connectivity index (χ2v) is 8.47. The van der Waals surface area contributed by atoms with Crippen molar-refractivity contribution >= 4 is 37.9 Å². The van der Waals surface area contributed by atoms with E-state index >= 15 is 0 Å². The van der Waals surface area contributed by atoms with Crippen molar-refractivity contribution in [3.63, 3.8) is 0 Å². The van der Waals surface area contributed by atoms with Gasteiger partial charge in [0, 0.05) is 24.5 Å². The van der Waals surface area contributed by atoms with Crippen molar-refractivity contribution in [1.29, 1.82) is 0 Å². The lowest BCUT2D eigenvalue weighted by atomic mass is 10.1. The predicted octanol–water partition coefficient (Wildman–Crippen LogP) is 2.60. The van der Waals surface area contributed by atoms with Gasteiger partial charge >= 0.3 is 0 Å². The maximum atomic E-state index is 12.0. The third kappa shape index (κ3) is 2.96. The normalized spacial score (nSPS) is 17.3. The molecule has 2 aromatic heterocycles. The van der Waals surface area contributed by atoms with Crippen LogP contribution in [-0.2, 0) is 10.0 Å². The number of nitrogens with zero attached hydrogens (tertiary/aromatic N) is 3. The molecule has 0 bridgehead atoms. The Balaban J connectivity index is 1.56. The highest BCUT2D eigenvalue weighted by Crippen LogP contribution is 2.31. The highest BCUT2D eigenvalue weighted by molar-refractivity contribution is 7.89. The fraction of sp³-hybridized carbons (Fsp3) is 0.412. The number of sulfonamides is 1. The SMILES string of the molecule is CCS(=O)(=O)N1CCC(Nc2ncnc3c2oc2ccccc23)CC1. The van der Waals surface area contributed by atoms with Gasteiger partial charge in [-0.25, -0.2) is 22.7 Å². The molecule has 132 valence electrons. The molecule has 25 heavy (non-hydrogen) atoms. The highest BCUT2D eigenvalue weighted by Gasteiger charge is 2.27. The first-order valence-electron chi connectivity index (χ1n) is 8.45. The van der Waals surface area contributed by atoms with Gasteiger partial charge in [-0.1, -0.05) is 12.1 Å². The molecule has 0 radical (unpaired) electrons. The number of furan rings is 1. The van der Waals surface area contributed by atoms with Crippen LogP contribution < -0.4 is 5.32 Å². The van der Waals surface area contributed by atoms with Crippen LogP contribution in [-0.4, -0.2) is 47.6 Å². The van der Waals surface area contributed by atoms with Crippen LogP contribution in [0, 0.1) is 0 Å².